The lowest BCUT2D eigenvalue weighted by Gasteiger charge is -2.21. The van der Waals surface area contributed by atoms with Crippen LogP contribution in [-0.4, -0.2) is 13.2 Å². The topological polar surface area (TPSA) is 35.2 Å². The van der Waals surface area contributed by atoms with Gasteiger partial charge in [-0.3, -0.25) is 0 Å². The standard InChI is InChI=1S/C12H14F3NO/c13-12(14,15)10-4-2-1-3-9(10)11-8(7-16)5-6-17-11/h1-4,8,11H,5-7,16H2. The first kappa shape index (κ1) is 12.4. The number of hydrogen-bond acceptors (Lipinski definition) is 2. The summed E-state index contributed by atoms with van der Waals surface area (Å²) < 4.78 is 43.9. The van der Waals surface area contributed by atoms with E-state index in [1.165, 1.54) is 12.1 Å². The van der Waals surface area contributed by atoms with E-state index in [4.69, 9.17) is 10.5 Å². The third-order valence-corrected chi connectivity index (χ3v) is 3.09. The predicted octanol–water partition coefficient (Wildman–Crippen LogP) is 2.74. The normalized spacial score (nSPS) is 25.2. The van der Waals surface area contributed by atoms with E-state index < -0.39 is 17.8 Å². The molecule has 0 aromatic heterocycles. The third-order valence-electron chi connectivity index (χ3n) is 3.09. The van der Waals surface area contributed by atoms with Crippen LogP contribution in [0.4, 0.5) is 13.2 Å². The van der Waals surface area contributed by atoms with Crippen molar-refractivity contribution in [1.82, 2.24) is 0 Å². The molecule has 2 nitrogen and oxygen atoms in total. The first-order valence-corrected chi connectivity index (χ1v) is 5.52. The second kappa shape index (κ2) is 4.66. The van der Waals surface area contributed by atoms with Crippen molar-refractivity contribution in [3.8, 4) is 0 Å². The van der Waals surface area contributed by atoms with Crippen molar-refractivity contribution in [2.75, 3.05) is 13.2 Å². The molecule has 1 aromatic rings. The van der Waals surface area contributed by atoms with Crippen LogP contribution in [0.3, 0.4) is 0 Å². The van der Waals surface area contributed by atoms with E-state index in [1.54, 1.807) is 6.07 Å². The van der Waals surface area contributed by atoms with Gasteiger partial charge in [0.15, 0.2) is 0 Å². The minimum atomic E-state index is -4.35. The van der Waals surface area contributed by atoms with Gasteiger partial charge in [-0.25, -0.2) is 0 Å². The highest BCUT2D eigenvalue weighted by Crippen LogP contribution is 2.41. The fraction of sp³-hybridized carbons (Fsp3) is 0.500. The van der Waals surface area contributed by atoms with Crippen LogP contribution >= 0.6 is 0 Å². The molecule has 1 heterocycles. The van der Waals surface area contributed by atoms with E-state index in [0.717, 1.165) is 6.07 Å². The summed E-state index contributed by atoms with van der Waals surface area (Å²) in [5.41, 5.74) is 5.14. The van der Waals surface area contributed by atoms with Gasteiger partial charge < -0.3 is 10.5 Å². The zero-order chi connectivity index (χ0) is 12.5. The van der Waals surface area contributed by atoms with Gasteiger partial charge >= 0.3 is 6.18 Å². The second-order valence-corrected chi connectivity index (χ2v) is 4.16. The summed E-state index contributed by atoms with van der Waals surface area (Å²) in [4.78, 5) is 0. The minimum Gasteiger partial charge on any atom is -0.373 e. The molecule has 1 aromatic carbocycles. The van der Waals surface area contributed by atoms with E-state index in [0.29, 0.717) is 19.6 Å². The second-order valence-electron chi connectivity index (χ2n) is 4.16. The lowest BCUT2D eigenvalue weighted by molar-refractivity contribution is -0.139. The van der Waals surface area contributed by atoms with E-state index in [9.17, 15) is 13.2 Å². The Morgan fingerprint density at radius 2 is 2.00 bits per heavy atom. The molecule has 2 rings (SSSR count). The highest BCUT2D eigenvalue weighted by Gasteiger charge is 2.38. The molecule has 1 fully saturated rings. The van der Waals surface area contributed by atoms with Crippen molar-refractivity contribution >= 4 is 0 Å². The van der Waals surface area contributed by atoms with Crippen LogP contribution in [0.2, 0.25) is 0 Å². The van der Waals surface area contributed by atoms with Crippen LogP contribution in [0.1, 0.15) is 23.7 Å². The van der Waals surface area contributed by atoms with Gasteiger partial charge in [0.1, 0.15) is 0 Å². The van der Waals surface area contributed by atoms with Gasteiger partial charge in [-0.15, -0.1) is 0 Å². The molecule has 94 valence electrons. The molecular formula is C12H14F3NO. The molecule has 0 radical (unpaired) electrons. The average molecular weight is 245 g/mol. The van der Waals surface area contributed by atoms with Gasteiger partial charge in [0.05, 0.1) is 11.7 Å². The van der Waals surface area contributed by atoms with E-state index in [2.05, 4.69) is 0 Å². The highest BCUT2D eigenvalue weighted by atomic mass is 19.4. The molecule has 2 unspecified atom stereocenters. The summed E-state index contributed by atoms with van der Waals surface area (Å²) in [6.45, 7) is 0.815. The quantitative estimate of drug-likeness (QED) is 0.869. The molecule has 0 saturated carbocycles. The Labute approximate surface area is 97.6 Å². The molecule has 1 aliphatic rings. The van der Waals surface area contributed by atoms with Crippen molar-refractivity contribution in [2.45, 2.75) is 18.7 Å². The number of halogens is 3. The molecule has 2 atom stereocenters. The third kappa shape index (κ3) is 2.45. The smallest absolute Gasteiger partial charge is 0.373 e. The summed E-state index contributed by atoms with van der Waals surface area (Å²) in [5.74, 6) is -0.0292. The van der Waals surface area contributed by atoms with E-state index in [1.807, 2.05) is 0 Å². The van der Waals surface area contributed by atoms with Crippen molar-refractivity contribution in [2.24, 2.45) is 11.7 Å². The fourth-order valence-electron chi connectivity index (χ4n) is 2.22. The Morgan fingerprint density at radius 3 is 2.65 bits per heavy atom. The Bertz CT molecular complexity index is 392. The molecule has 5 heteroatoms. The first-order chi connectivity index (χ1) is 8.04. The summed E-state index contributed by atoms with van der Waals surface area (Å²) in [6.07, 6.45) is -4.16. The molecule has 0 aliphatic carbocycles. The molecule has 0 amide bonds. The van der Waals surface area contributed by atoms with Crippen molar-refractivity contribution in [3.63, 3.8) is 0 Å². The molecule has 1 saturated heterocycles. The number of benzene rings is 1. The van der Waals surface area contributed by atoms with Crippen molar-refractivity contribution < 1.29 is 17.9 Å². The Kier molecular flexibility index (Phi) is 3.40. The number of rotatable bonds is 2. The molecular weight excluding hydrogens is 231 g/mol. The van der Waals surface area contributed by atoms with E-state index in [-0.39, 0.29) is 11.5 Å². The lowest BCUT2D eigenvalue weighted by atomic mass is 9.92. The minimum absolute atomic E-state index is 0.0292. The first-order valence-electron chi connectivity index (χ1n) is 5.52. The Hall–Kier alpha value is -1.07. The monoisotopic (exact) mass is 245 g/mol. The van der Waals surface area contributed by atoms with Crippen LogP contribution in [0.5, 0.6) is 0 Å². The largest absolute Gasteiger partial charge is 0.416 e. The Balaban J connectivity index is 2.38. The SMILES string of the molecule is NCC1CCOC1c1ccccc1C(F)(F)F. The van der Waals surface area contributed by atoms with Gasteiger partial charge in [-0.05, 0) is 24.6 Å². The Morgan fingerprint density at radius 1 is 1.29 bits per heavy atom. The maximum absolute atomic E-state index is 12.8. The summed E-state index contributed by atoms with van der Waals surface area (Å²) in [7, 11) is 0. The van der Waals surface area contributed by atoms with Gasteiger partial charge in [-0.1, -0.05) is 18.2 Å². The average Bonchev–Trinajstić information content (AvgIpc) is 2.75. The molecule has 17 heavy (non-hydrogen) atoms. The van der Waals surface area contributed by atoms with E-state index >= 15 is 0 Å². The van der Waals surface area contributed by atoms with Crippen LogP contribution < -0.4 is 5.73 Å². The number of nitrogens with two attached hydrogens (primary N) is 1. The zero-order valence-electron chi connectivity index (χ0n) is 9.20. The fourth-order valence-corrected chi connectivity index (χ4v) is 2.22. The van der Waals surface area contributed by atoms with Crippen LogP contribution in [-0.2, 0) is 10.9 Å². The van der Waals surface area contributed by atoms with Gasteiger partial charge in [0, 0.05) is 12.5 Å². The number of hydrogen-bond donors (Lipinski definition) is 1. The summed E-state index contributed by atoms with van der Waals surface area (Å²) in [6, 6.07) is 5.55. The highest BCUT2D eigenvalue weighted by molar-refractivity contribution is 5.32. The van der Waals surface area contributed by atoms with Crippen LogP contribution in [0.15, 0.2) is 24.3 Å². The molecule has 2 N–H and O–H groups in total. The summed E-state index contributed by atoms with van der Waals surface area (Å²) in [5, 5.41) is 0. The molecule has 0 bridgehead atoms. The maximum atomic E-state index is 12.8. The van der Waals surface area contributed by atoms with Crippen molar-refractivity contribution in [1.29, 1.82) is 0 Å². The number of ether oxygens (including phenoxy) is 1. The van der Waals surface area contributed by atoms with Gasteiger partial charge in [-0.2, -0.15) is 13.2 Å². The summed E-state index contributed by atoms with van der Waals surface area (Å²) >= 11 is 0. The van der Waals surface area contributed by atoms with Gasteiger partial charge in [0.25, 0.3) is 0 Å². The lowest BCUT2D eigenvalue weighted by Crippen LogP contribution is -2.20. The van der Waals surface area contributed by atoms with Crippen LogP contribution in [0, 0.1) is 5.92 Å². The molecule has 1 aliphatic heterocycles. The van der Waals surface area contributed by atoms with Gasteiger partial charge in [0.2, 0.25) is 0 Å². The zero-order valence-corrected chi connectivity index (χ0v) is 9.20. The predicted molar refractivity (Wildman–Crippen MR) is 57.3 cm³/mol. The number of alkyl halides is 3. The maximum Gasteiger partial charge on any atom is 0.416 e. The van der Waals surface area contributed by atoms with Crippen LogP contribution in [0.25, 0.3) is 0 Å². The van der Waals surface area contributed by atoms with Crippen molar-refractivity contribution in [3.05, 3.63) is 35.4 Å². The molecule has 0 spiro atoms.